The number of rotatable bonds is 7. The number of hydrogen-bond donors (Lipinski definition) is 1. The van der Waals surface area contributed by atoms with Gasteiger partial charge in [-0.2, -0.15) is 11.3 Å². The van der Waals surface area contributed by atoms with Crippen molar-refractivity contribution in [3.05, 3.63) is 46.7 Å². The van der Waals surface area contributed by atoms with Crippen molar-refractivity contribution in [3.8, 4) is 11.1 Å². The zero-order valence-electron chi connectivity index (χ0n) is 13.3. The third kappa shape index (κ3) is 4.66. The molecule has 1 aliphatic heterocycles. The Balaban J connectivity index is 1.44. The fraction of sp³-hybridized carbons (Fsp3) is 0.421. The van der Waals surface area contributed by atoms with Crippen LogP contribution in [0.4, 0.5) is 0 Å². The Labute approximate surface area is 141 Å². The van der Waals surface area contributed by atoms with Crippen molar-refractivity contribution in [2.45, 2.75) is 38.2 Å². The van der Waals surface area contributed by atoms with E-state index in [1.54, 1.807) is 11.3 Å². The maximum Gasteiger partial charge on any atom is 0.251 e. The predicted molar refractivity (Wildman–Crippen MR) is 94.9 cm³/mol. The minimum atomic E-state index is 0.0131. The minimum absolute atomic E-state index is 0.0131. The number of thiophene rings is 1. The summed E-state index contributed by atoms with van der Waals surface area (Å²) in [4.78, 5) is 12.3. The van der Waals surface area contributed by atoms with E-state index in [1.807, 2.05) is 24.3 Å². The Bertz CT molecular complexity index is 618. The summed E-state index contributed by atoms with van der Waals surface area (Å²) in [5.74, 6) is 0.0131. The molecule has 23 heavy (non-hydrogen) atoms. The molecule has 1 aromatic carbocycles. The first kappa shape index (κ1) is 16.2. The van der Waals surface area contributed by atoms with Crippen LogP contribution >= 0.6 is 11.3 Å². The van der Waals surface area contributed by atoms with Gasteiger partial charge in [-0.05, 0) is 72.2 Å². The van der Waals surface area contributed by atoms with E-state index in [-0.39, 0.29) is 5.91 Å². The molecule has 1 amide bonds. The fourth-order valence-corrected chi connectivity index (χ4v) is 3.61. The van der Waals surface area contributed by atoms with Crippen LogP contribution in [0, 0.1) is 0 Å². The van der Waals surface area contributed by atoms with E-state index < -0.39 is 0 Å². The Kier molecular flexibility index (Phi) is 5.83. The van der Waals surface area contributed by atoms with Crippen molar-refractivity contribution in [3.63, 3.8) is 0 Å². The van der Waals surface area contributed by atoms with Gasteiger partial charge in [0.25, 0.3) is 5.91 Å². The van der Waals surface area contributed by atoms with Gasteiger partial charge < -0.3 is 10.1 Å². The Morgan fingerprint density at radius 1 is 1.26 bits per heavy atom. The summed E-state index contributed by atoms with van der Waals surface area (Å²) < 4.78 is 5.61. The first-order valence-electron chi connectivity index (χ1n) is 8.35. The summed E-state index contributed by atoms with van der Waals surface area (Å²) >= 11 is 1.67. The summed E-state index contributed by atoms with van der Waals surface area (Å²) in [5, 5.41) is 7.17. The molecule has 1 aliphatic rings. The highest BCUT2D eigenvalue weighted by Gasteiger charge is 2.14. The normalized spacial score (nSPS) is 17.3. The van der Waals surface area contributed by atoms with E-state index >= 15 is 0 Å². The molecule has 1 saturated heterocycles. The Morgan fingerprint density at radius 2 is 2.22 bits per heavy atom. The molecule has 0 saturated carbocycles. The number of ether oxygens (including phenoxy) is 1. The summed E-state index contributed by atoms with van der Waals surface area (Å²) in [6, 6.07) is 9.90. The molecule has 1 unspecified atom stereocenters. The van der Waals surface area contributed by atoms with E-state index in [0.717, 1.165) is 43.5 Å². The first-order valence-corrected chi connectivity index (χ1v) is 9.29. The highest BCUT2D eigenvalue weighted by Crippen LogP contribution is 2.23. The molecule has 2 heterocycles. The van der Waals surface area contributed by atoms with Gasteiger partial charge in [-0.1, -0.05) is 12.1 Å². The van der Waals surface area contributed by atoms with Gasteiger partial charge in [0.1, 0.15) is 0 Å². The number of unbranched alkanes of at least 4 members (excludes halogenated alkanes) is 1. The van der Waals surface area contributed by atoms with Crippen molar-refractivity contribution < 1.29 is 9.53 Å². The van der Waals surface area contributed by atoms with E-state index in [0.29, 0.717) is 6.10 Å². The number of amides is 1. The minimum Gasteiger partial charge on any atom is -0.378 e. The maximum atomic E-state index is 12.3. The molecule has 1 fully saturated rings. The summed E-state index contributed by atoms with van der Waals surface area (Å²) in [6.45, 7) is 1.65. The van der Waals surface area contributed by atoms with Crippen molar-refractivity contribution in [1.29, 1.82) is 0 Å². The van der Waals surface area contributed by atoms with E-state index in [2.05, 4.69) is 22.1 Å². The summed E-state index contributed by atoms with van der Waals surface area (Å²) in [5.41, 5.74) is 2.99. The predicted octanol–water partition coefficient (Wildman–Crippen LogP) is 4.49. The number of hydrogen-bond acceptors (Lipinski definition) is 3. The zero-order chi connectivity index (χ0) is 15.9. The second-order valence-corrected chi connectivity index (χ2v) is 6.76. The van der Waals surface area contributed by atoms with E-state index in [4.69, 9.17) is 4.74 Å². The van der Waals surface area contributed by atoms with Crippen LogP contribution in [0.2, 0.25) is 0 Å². The number of carbonyl (C=O) groups excluding carboxylic acids is 1. The Hall–Kier alpha value is -1.65. The van der Waals surface area contributed by atoms with E-state index in [9.17, 15) is 4.79 Å². The molecule has 122 valence electrons. The summed E-state index contributed by atoms with van der Waals surface area (Å²) in [6.07, 6.45) is 6.08. The topological polar surface area (TPSA) is 38.3 Å². The highest BCUT2D eigenvalue weighted by atomic mass is 32.1. The van der Waals surface area contributed by atoms with Crippen LogP contribution in [-0.2, 0) is 4.74 Å². The average Bonchev–Trinajstić information content (AvgIpc) is 3.28. The molecule has 0 radical (unpaired) electrons. The largest absolute Gasteiger partial charge is 0.378 e. The average molecular weight is 329 g/mol. The van der Waals surface area contributed by atoms with Crippen molar-refractivity contribution >= 4 is 17.2 Å². The van der Waals surface area contributed by atoms with Gasteiger partial charge in [0, 0.05) is 18.7 Å². The molecule has 4 heteroatoms. The lowest BCUT2D eigenvalue weighted by molar-refractivity contribution is 0.0947. The van der Waals surface area contributed by atoms with Gasteiger partial charge in [0.15, 0.2) is 0 Å². The van der Waals surface area contributed by atoms with Gasteiger partial charge in [-0.3, -0.25) is 4.79 Å². The lowest BCUT2D eigenvalue weighted by atomic mass is 10.1. The molecule has 0 spiro atoms. The molecule has 1 aromatic heterocycles. The first-order chi connectivity index (χ1) is 11.3. The highest BCUT2D eigenvalue weighted by molar-refractivity contribution is 7.08. The smallest absolute Gasteiger partial charge is 0.251 e. The zero-order valence-corrected chi connectivity index (χ0v) is 14.1. The molecule has 0 bridgehead atoms. The molecular weight excluding hydrogens is 306 g/mol. The van der Waals surface area contributed by atoms with Crippen molar-refractivity contribution in [2.75, 3.05) is 13.2 Å². The molecule has 3 nitrogen and oxygen atoms in total. The van der Waals surface area contributed by atoms with Crippen LogP contribution < -0.4 is 5.32 Å². The van der Waals surface area contributed by atoms with Crippen molar-refractivity contribution in [1.82, 2.24) is 5.32 Å². The number of carbonyl (C=O) groups is 1. The third-order valence-electron chi connectivity index (χ3n) is 4.24. The molecule has 2 aromatic rings. The molecule has 0 aliphatic carbocycles. The van der Waals surface area contributed by atoms with Gasteiger partial charge in [-0.25, -0.2) is 0 Å². The lowest BCUT2D eigenvalue weighted by Crippen LogP contribution is -2.24. The van der Waals surface area contributed by atoms with Crippen LogP contribution in [0.1, 0.15) is 42.5 Å². The Morgan fingerprint density at radius 3 is 3.00 bits per heavy atom. The van der Waals surface area contributed by atoms with Crippen LogP contribution in [0.25, 0.3) is 11.1 Å². The fourth-order valence-electron chi connectivity index (χ4n) is 2.94. The molecule has 1 atom stereocenters. The SMILES string of the molecule is O=C(NCCCCC1CCCO1)c1cccc(-c2ccsc2)c1. The molecule has 3 rings (SSSR count). The summed E-state index contributed by atoms with van der Waals surface area (Å²) in [7, 11) is 0. The second kappa shape index (κ2) is 8.27. The molecule has 1 N–H and O–H groups in total. The third-order valence-corrected chi connectivity index (χ3v) is 4.92. The van der Waals surface area contributed by atoms with Crippen molar-refractivity contribution in [2.24, 2.45) is 0 Å². The number of benzene rings is 1. The monoisotopic (exact) mass is 329 g/mol. The maximum absolute atomic E-state index is 12.3. The van der Waals surface area contributed by atoms with Crippen LogP contribution in [0.3, 0.4) is 0 Å². The van der Waals surface area contributed by atoms with E-state index in [1.165, 1.54) is 18.4 Å². The van der Waals surface area contributed by atoms with Crippen LogP contribution in [0.5, 0.6) is 0 Å². The van der Waals surface area contributed by atoms with Gasteiger partial charge in [0.05, 0.1) is 6.10 Å². The van der Waals surface area contributed by atoms with Gasteiger partial charge >= 0.3 is 0 Å². The lowest BCUT2D eigenvalue weighted by Gasteiger charge is -2.09. The van der Waals surface area contributed by atoms with Gasteiger partial charge in [0.2, 0.25) is 0 Å². The van der Waals surface area contributed by atoms with Gasteiger partial charge in [-0.15, -0.1) is 0 Å². The molecular formula is C19H23NO2S. The second-order valence-electron chi connectivity index (χ2n) is 5.98. The number of nitrogens with one attached hydrogen (secondary N) is 1. The van der Waals surface area contributed by atoms with Crippen LogP contribution in [0.15, 0.2) is 41.1 Å². The quantitative estimate of drug-likeness (QED) is 0.760. The van der Waals surface area contributed by atoms with Crippen LogP contribution in [-0.4, -0.2) is 25.2 Å². The standard InChI is InChI=1S/C19H23NO2S/c21-19(20-10-2-1-7-18-8-4-11-22-18)16-6-3-5-15(13-16)17-9-12-23-14-17/h3,5-6,9,12-14,18H,1-2,4,7-8,10-11H2,(H,20,21).